The molecule has 7 heteroatoms. The fraction of sp³-hybridized carbons (Fsp3) is 0.550. The quantitative estimate of drug-likeness (QED) is 0.730. The van der Waals surface area contributed by atoms with E-state index in [0.717, 1.165) is 22.5 Å². The highest BCUT2D eigenvalue weighted by atomic mass is 32.1. The van der Waals surface area contributed by atoms with Crippen LogP contribution in [0.3, 0.4) is 0 Å². The number of hydrogen-bond donors (Lipinski definition) is 1. The Kier molecular flexibility index (Phi) is 5.04. The number of nitrogens with one attached hydrogen (secondary N) is 1. The number of amides is 1. The molecule has 0 radical (unpaired) electrons. The molecule has 6 nitrogen and oxygen atoms in total. The lowest BCUT2D eigenvalue weighted by molar-refractivity contribution is -0.122. The summed E-state index contributed by atoms with van der Waals surface area (Å²) >= 11 is 1.62. The standard InChI is InChI=1S/C20H26N4O2S/c1-13-6-3-4-7-15(13)21-19(25)8-5-10-23-20(26)17-12-18-16(9-11-27-18)24(17)14(2)22-23/h9,11-13,15H,3-8,10H2,1-2H3,(H,21,25)/t13-,15+/m0/s1. The van der Waals surface area contributed by atoms with E-state index < -0.39 is 0 Å². The smallest absolute Gasteiger partial charge is 0.291 e. The topological polar surface area (TPSA) is 68.4 Å². The van der Waals surface area contributed by atoms with Crippen LogP contribution in [0.5, 0.6) is 0 Å². The largest absolute Gasteiger partial charge is 0.353 e. The van der Waals surface area contributed by atoms with E-state index >= 15 is 0 Å². The molecular formula is C20H26N4O2S. The number of aryl methyl sites for hydroxylation is 2. The second-order valence-electron chi connectivity index (χ2n) is 7.65. The van der Waals surface area contributed by atoms with E-state index in [1.807, 2.05) is 28.8 Å². The molecule has 4 rings (SSSR count). The molecule has 0 aliphatic heterocycles. The minimum Gasteiger partial charge on any atom is -0.353 e. The first-order chi connectivity index (χ1) is 13.0. The van der Waals surface area contributed by atoms with E-state index in [0.29, 0.717) is 36.9 Å². The number of carbonyl (C=O) groups is 1. The van der Waals surface area contributed by atoms with Gasteiger partial charge in [-0.25, -0.2) is 4.68 Å². The first-order valence-corrected chi connectivity index (χ1v) is 10.7. The molecule has 2 atom stereocenters. The highest BCUT2D eigenvalue weighted by molar-refractivity contribution is 7.17. The number of rotatable bonds is 5. The summed E-state index contributed by atoms with van der Waals surface area (Å²) in [6, 6.07) is 4.26. The van der Waals surface area contributed by atoms with E-state index in [1.54, 1.807) is 11.3 Å². The number of nitrogens with zero attached hydrogens (tertiary/aromatic N) is 3. The summed E-state index contributed by atoms with van der Waals surface area (Å²) in [4.78, 5) is 25.0. The van der Waals surface area contributed by atoms with Crippen LogP contribution in [0.1, 0.15) is 51.3 Å². The normalized spacial score (nSPS) is 20.4. The fourth-order valence-electron chi connectivity index (χ4n) is 4.18. The zero-order valence-electron chi connectivity index (χ0n) is 15.9. The molecule has 27 heavy (non-hydrogen) atoms. The van der Waals surface area contributed by atoms with Crippen molar-refractivity contribution in [1.82, 2.24) is 19.5 Å². The minimum atomic E-state index is -0.0923. The zero-order valence-corrected chi connectivity index (χ0v) is 16.7. The summed E-state index contributed by atoms with van der Waals surface area (Å²) < 4.78 is 4.52. The van der Waals surface area contributed by atoms with Gasteiger partial charge in [0.1, 0.15) is 11.3 Å². The van der Waals surface area contributed by atoms with E-state index in [1.165, 1.54) is 23.9 Å². The lowest BCUT2D eigenvalue weighted by Crippen LogP contribution is -2.41. The van der Waals surface area contributed by atoms with Gasteiger partial charge in [0.2, 0.25) is 5.91 Å². The molecule has 1 aliphatic carbocycles. The SMILES string of the molecule is Cc1nn(CCCC(=O)N[C@@H]2CCCC[C@@H]2C)c(=O)c2cc3sccc3n12. The third-order valence-electron chi connectivity index (χ3n) is 5.70. The van der Waals surface area contributed by atoms with Crippen molar-refractivity contribution in [3.8, 4) is 0 Å². The molecule has 0 unspecified atom stereocenters. The molecular weight excluding hydrogens is 360 g/mol. The van der Waals surface area contributed by atoms with Crippen molar-refractivity contribution in [2.75, 3.05) is 0 Å². The van der Waals surface area contributed by atoms with Gasteiger partial charge in [-0.1, -0.05) is 19.8 Å². The maximum absolute atomic E-state index is 12.8. The molecule has 0 bridgehead atoms. The van der Waals surface area contributed by atoms with Crippen LogP contribution in [0.25, 0.3) is 15.7 Å². The van der Waals surface area contributed by atoms with Gasteiger partial charge in [0.05, 0.1) is 10.2 Å². The average molecular weight is 387 g/mol. The number of hydrogen-bond acceptors (Lipinski definition) is 4. The Morgan fingerprint density at radius 2 is 2.15 bits per heavy atom. The summed E-state index contributed by atoms with van der Waals surface area (Å²) in [5.74, 6) is 1.43. The van der Waals surface area contributed by atoms with Gasteiger partial charge in [0.25, 0.3) is 5.56 Å². The molecule has 1 amide bonds. The predicted octanol–water partition coefficient (Wildman–Crippen LogP) is 3.49. The van der Waals surface area contributed by atoms with Crippen molar-refractivity contribution in [3.05, 3.63) is 33.7 Å². The van der Waals surface area contributed by atoms with Gasteiger partial charge in [0, 0.05) is 19.0 Å². The van der Waals surface area contributed by atoms with Gasteiger partial charge in [-0.15, -0.1) is 11.3 Å². The van der Waals surface area contributed by atoms with E-state index in [9.17, 15) is 9.59 Å². The molecule has 1 N–H and O–H groups in total. The van der Waals surface area contributed by atoms with Gasteiger partial charge in [0.15, 0.2) is 0 Å². The summed E-state index contributed by atoms with van der Waals surface area (Å²) in [5.41, 5.74) is 1.60. The van der Waals surface area contributed by atoms with Crippen molar-refractivity contribution in [3.63, 3.8) is 0 Å². The summed E-state index contributed by atoms with van der Waals surface area (Å²) in [5, 5.41) is 9.66. The molecule has 144 valence electrons. The van der Waals surface area contributed by atoms with Crippen molar-refractivity contribution >= 4 is 33.0 Å². The number of thiophene rings is 1. The second-order valence-corrected chi connectivity index (χ2v) is 8.60. The Morgan fingerprint density at radius 1 is 1.33 bits per heavy atom. The number of aromatic nitrogens is 3. The van der Waals surface area contributed by atoms with Crippen LogP contribution >= 0.6 is 11.3 Å². The summed E-state index contributed by atoms with van der Waals surface area (Å²) in [7, 11) is 0. The summed E-state index contributed by atoms with van der Waals surface area (Å²) in [6.07, 6.45) is 5.78. The Hall–Kier alpha value is -2.15. The highest BCUT2D eigenvalue weighted by Gasteiger charge is 2.22. The van der Waals surface area contributed by atoms with Gasteiger partial charge >= 0.3 is 0 Å². The molecule has 1 saturated carbocycles. The van der Waals surface area contributed by atoms with Crippen LogP contribution in [0.4, 0.5) is 0 Å². The van der Waals surface area contributed by atoms with Gasteiger partial charge in [-0.3, -0.25) is 14.0 Å². The first kappa shape index (κ1) is 18.2. The number of carbonyl (C=O) groups excluding carboxylic acids is 1. The van der Waals surface area contributed by atoms with Gasteiger partial charge in [-0.05, 0) is 49.6 Å². The second kappa shape index (κ2) is 7.46. The molecule has 0 spiro atoms. The Labute approximate surface area is 162 Å². The van der Waals surface area contributed by atoms with E-state index in [-0.39, 0.29) is 11.5 Å². The Bertz CT molecular complexity index is 1030. The van der Waals surface area contributed by atoms with Crippen LogP contribution in [-0.2, 0) is 11.3 Å². The Balaban J connectivity index is 1.42. The van der Waals surface area contributed by atoms with E-state index in [2.05, 4.69) is 17.3 Å². The summed E-state index contributed by atoms with van der Waals surface area (Å²) in [6.45, 7) is 4.59. The van der Waals surface area contributed by atoms with E-state index in [4.69, 9.17) is 0 Å². The molecule has 1 fully saturated rings. The van der Waals surface area contributed by atoms with Gasteiger partial charge < -0.3 is 5.32 Å². The van der Waals surface area contributed by atoms with Crippen LogP contribution in [0, 0.1) is 12.8 Å². The van der Waals surface area contributed by atoms with Crippen LogP contribution in [0.2, 0.25) is 0 Å². The molecule has 3 aromatic heterocycles. The molecule has 3 aromatic rings. The Morgan fingerprint density at radius 3 is 2.96 bits per heavy atom. The van der Waals surface area contributed by atoms with Crippen molar-refractivity contribution in [1.29, 1.82) is 0 Å². The van der Waals surface area contributed by atoms with Crippen LogP contribution in [-0.4, -0.2) is 26.1 Å². The third kappa shape index (κ3) is 3.52. The van der Waals surface area contributed by atoms with Gasteiger partial charge in [-0.2, -0.15) is 5.10 Å². The van der Waals surface area contributed by atoms with Crippen molar-refractivity contribution in [2.24, 2.45) is 5.92 Å². The predicted molar refractivity (Wildman–Crippen MR) is 108 cm³/mol. The van der Waals surface area contributed by atoms with Crippen molar-refractivity contribution in [2.45, 2.75) is 65.0 Å². The zero-order chi connectivity index (χ0) is 19.0. The molecule has 3 heterocycles. The molecule has 0 saturated heterocycles. The monoisotopic (exact) mass is 386 g/mol. The maximum atomic E-state index is 12.8. The van der Waals surface area contributed by atoms with Crippen LogP contribution in [0.15, 0.2) is 22.3 Å². The fourth-order valence-corrected chi connectivity index (χ4v) is 4.98. The van der Waals surface area contributed by atoms with Crippen LogP contribution < -0.4 is 10.9 Å². The molecule has 1 aliphatic rings. The lowest BCUT2D eigenvalue weighted by Gasteiger charge is -2.29. The average Bonchev–Trinajstić information content (AvgIpc) is 3.22. The molecule has 0 aromatic carbocycles. The minimum absolute atomic E-state index is 0.0859. The van der Waals surface area contributed by atoms with Crippen molar-refractivity contribution < 1.29 is 4.79 Å². The highest BCUT2D eigenvalue weighted by Crippen LogP contribution is 2.25. The third-order valence-corrected chi connectivity index (χ3v) is 6.55. The first-order valence-electron chi connectivity index (χ1n) is 9.80. The number of fused-ring (bicyclic) bond motifs is 3. The maximum Gasteiger partial charge on any atom is 0.291 e. The lowest BCUT2D eigenvalue weighted by atomic mass is 9.86.